The van der Waals surface area contributed by atoms with Crippen LogP contribution in [-0.4, -0.2) is 5.97 Å². The molecular formula is C42H87NO2. The number of unbranched alkanes of at least 4 members (excludes halogenated alkanes) is 29. The van der Waals surface area contributed by atoms with Crippen LogP contribution in [0, 0.1) is 17.3 Å². The fraction of sp³-hybridized carbons (Fsp3) is 0.976. The highest BCUT2D eigenvalue weighted by Gasteiger charge is 2.39. The topological polar surface area (TPSA) is 76.6 Å². The van der Waals surface area contributed by atoms with Crippen LogP contribution in [0.3, 0.4) is 0 Å². The van der Waals surface area contributed by atoms with Gasteiger partial charge < -0.3 is 16.1 Å². The van der Waals surface area contributed by atoms with Gasteiger partial charge in [-0.1, -0.05) is 234 Å². The van der Waals surface area contributed by atoms with Crippen LogP contribution in [0.4, 0.5) is 0 Å². The molecule has 0 aliphatic carbocycles. The number of carboxylic acid groups (broad SMARTS) is 1. The van der Waals surface area contributed by atoms with Gasteiger partial charge in [-0.05, 0) is 24.7 Å². The summed E-state index contributed by atoms with van der Waals surface area (Å²) in [5.41, 5.74) is -0.661. The molecule has 3 nitrogen and oxygen atoms in total. The van der Waals surface area contributed by atoms with E-state index in [0.717, 1.165) is 19.3 Å². The van der Waals surface area contributed by atoms with E-state index in [1.807, 2.05) is 0 Å². The second-order valence-corrected chi connectivity index (χ2v) is 15.2. The van der Waals surface area contributed by atoms with Gasteiger partial charge in [0.2, 0.25) is 0 Å². The monoisotopic (exact) mass is 638 g/mol. The third-order valence-corrected chi connectivity index (χ3v) is 11.0. The molecule has 0 radical (unpaired) electrons. The third kappa shape index (κ3) is 26.1. The van der Waals surface area contributed by atoms with Crippen LogP contribution < -0.4 is 11.3 Å². The zero-order valence-corrected chi connectivity index (χ0v) is 32.3. The summed E-state index contributed by atoms with van der Waals surface area (Å²) in [6.07, 6.45) is 44.1. The van der Waals surface area contributed by atoms with Crippen LogP contribution in [0.5, 0.6) is 0 Å². The summed E-state index contributed by atoms with van der Waals surface area (Å²) in [5.74, 6) is -0.456. The lowest BCUT2D eigenvalue weighted by atomic mass is 9.64. The molecule has 0 aliphatic rings. The van der Waals surface area contributed by atoms with Crippen molar-refractivity contribution in [1.29, 1.82) is 0 Å². The third-order valence-electron chi connectivity index (χ3n) is 11.0. The average Bonchev–Trinajstić information content (AvgIpc) is 3.00. The van der Waals surface area contributed by atoms with Crippen molar-refractivity contribution in [2.75, 3.05) is 0 Å². The quantitative estimate of drug-likeness (QED) is 0.0694. The maximum absolute atomic E-state index is 12.5. The lowest BCUT2D eigenvalue weighted by molar-refractivity contribution is -0.325. The van der Waals surface area contributed by atoms with E-state index in [4.69, 9.17) is 0 Å². The van der Waals surface area contributed by atoms with Crippen molar-refractivity contribution in [2.45, 2.75) is 247 Å². The van der Waals surface area contributed by atoms with E-state index in [9.17, 15) is 9.90 Å². The SMILES string of the molecule is CCCCCCCCCCCCCCCCCCCCC(C(=O)[O-])(C(C)C)C(C)CCCCCCCCCCCCCCC.[NH4+]. The van der Waals surface area contributed by atoms with Crippen molar-refractivity contribution in [1.82, 2.24) is 6.15 Å². The summed E-state index contributed by atoms with van der Waals surface area (Å²) >= 11 is 0. The molecule has 0 saturated heterocycles. The molecular weight excluding hydrogens is 550 g/mol. The minimum atomic E-state index is -0.790. The Labute approximate surface area is 285 Å². The number of hydrogen-bond donors (Lipinski definition) is 1. The molecule has 0 spiro atoms. The first-order valence-electron chi connectivity index (χ1n) is 20.6. The molecule has 0 aromatic rings. The standard InChI is InChI=1S/C42H84O2.H3N/c1-6-8-10-12-14-16-18-20-21-22-23-24-26-28-30-32-34-36-38-42(39(3)4,41(43)44)40(5)37-35-33-31-29-27-25-19-17-15-13-11-9-7-2;/h39-40H,6-38H2,1-5H3,(H,43,44);1H3. The van der Waals surface area contributed by atoms with Crippen molar-refractivity contribution in [3.8, 4) is 0 Å². The maximum Gasteiger partial charge on any atom is 0.0481 e. The summed E-state index contributed by atoms with van der Waals surface area (Å²) in [6.45, 7) is 11.0. The van der Waals surface area contributed by atoms with Crippen molar-refractivity contribution in [3.63, 3.8) is 0 Å². The van der Waals surface area contributed by atoms with Gasteiger partial charge in [0.05, 0.1) is 0 Å². The molecule has 45 heavy (non-hydrogen) atoms. The van der Waals surface area contributed by atoms with Gasteiger partial charge >= 0.3 is 0 Å². The normalized spacial score (nSPS) is 13.6. The zero-order chi connectivity index (χ0) is 32.6. The average molecular weight is 638 g/mol. The summed E-state index contributed by atoms with van der Waals surface area (Å²) in [7, 11) is 0. The molecule has 0 saturated carbocycles. The Bertz CT molecular complexity index is 591. The number of aliphatic carboxylic acids is 1. The largest absolute Gasteiger partial charge is 0.550 e. The minimum Gasteiger partial charge on any atom is -0.550 e. The zero-order valence-electron chi connectivity index (χ0n) is 32.3. The Morgan fingerprint density at radius 3 is 0.933 bits per heavy atom. The Hall–Kier alpha value is -0.570. The molecule has 2 atom stereocenters. The van der Waals surface area contributed by atoms with Gasteiger partial charge in [-0.2, -0.15) is 0 Å². The highest BCUT2D eigenvalue weighted by atomic mass is 16.4. The Morgan fingerprint density at radius 2 is 0.689 bits per heavy atom. The molecule has 3 heteroatoms. The van der Waals surface area contributed by atoms with E-state index >= 15 is 0 Å². The van der Waals surface area contributed by atoms with E-state index in [-0.39, 0.29) is 18.0 Å². The Balaban J connectivity index is 0. The van der Waals surface area contributed by atoms with Gasteiger partial charge in [0.1, 0.15) is 0 Å². The summed E-state index contributed by atoms with van der Waals surface area (Å²) < 4.78 is 0. The highest BCUT2D eigenvalue weighted by Crippen LogP contribution is 2.43. The minimum absolute atomic E-state index is 0. The Morgan fingerprint density at radius 1 is 0.444 bits per heavy atom. The van der Waals surface area contributed by atoms with Crippen LogP contribution in [0.2, 0.25) is 0 Å². The second-order valence-electron chi connectivity index (χ2n) is 15.2. The highest BCUT2D eigenvalue weighted by molar-refractivity contribution is 5.73. The van der Waals surface area contributed by atoms with Gasteiger partial charge in [0.15, 0.2) is 0 Å². The van der Waals surface area contributed by atoms with Crippen LogP contribution in [0.15, 0.2) is 0 Å². The lowest BCUT2D eigenvalue weighted by Crippen LogP contribution is -2.50. The number of carbonyl (C=O) groups excluding carboxylic acids is 1. The predicted molar refractivity (Wildman–Crippen MR) is 201 cm³/mol. The molecule has 0 aromatic carbocycles. The van der Waals surface area contributed by atoms with Gasteiger partial charge in [0, 0.05) is 11.4 Å². The number of quaternary nitrogens is 1. The van der Waals surface area contributed by atoms with Crippen LogP contribution in [0.25, 0.3) is 0 Å². The van der Waals surface area contributed by atoms with E-state index in [0.29, 0.717) is 0 Å². The van der Waals surface area contributed by atoms with E-state index in [1.54, 1.807) is 0 Å². The van der Waals surface area contributed by atoms with Crippen molar-refractivity contribution in [3.05, 3.63) is 0 Å². The molecule has 4 N–H and O–H groups in total. The molecule has 0 fully saturated rings. The molecule has 0 bridgehead atoms. The number of rotatable bonds is 36. The first kappa shape index (κ1) is 46.5. The molecule has 2 unspecified atom stereocenters. The van der Waals surface area contributed by atoms with Crippen molar-refractivity contribution >= 4 is 5.97 Å². The van der Waals surface area contributed by atoms with Crippen LogP contribution >= 0.6 is 0 Å². The summed E-state index contributed by atoms with van der Waals surface area (Å²) in [6, 6.07) is 0. The molecule has 272 valence electrons. The number of carbonyl (C=O) groups is 1. The summed E-state index contributed by atoms with van der Waals surface area (Å²) in [5, 5.41) is 12.5. The number of hydrogen-bond acceptors (Lipinski definition) is 2. The van der Waals surface area contributed by atoms with Gasteiger partial charge in [-0.25, -0.2) is 0 Å². The molecule has 0 amide bonds. The first-order valence-corrected chi connectivity index (χ1v) is 20.6. The van der Waals surface area contributed by atoms with Crippen LogP contribution in [0.1, 0.15) is 247 Å². The molecule has 0 heterocycles. The van der Waals surface area contributed by atoms with Gasteiger partial charge in [0.25, 0.3) is 0 Å². The van der Waals surface area contributed by atoms with E-state index in [1.165, 1.54) is 193 Å². The number of carboxylic acids is 1. The molecule has 0 aliphatic heterocycles. The molecule has 0 rings (SSSR count). The smallest absolute Gasteiger partial charge is 0.0481 e. The van der Waals surface area contributed by atoms with Crippen molar-refractivity contribution in [2.24, 2.45) is 17.3 Å². The van der Waals surface area contributed by atoms with Gasteiger partial charge in [-0.15, -0.1) is 0 Å². The van der Waals surface area contributed by atoms with Crippen LogP contribution in [-0.2, 0) is 4.79 Å². The fourth-order valence-corrected chi connectivity index (χ4v) is 7.69. The fourth-order valence-electron chi connectivity index (χ4n) is 7.69. The predicted octanol–water partition coefficient (Wildman–Crippen LogP) is 14.3. The Kier molecular flexibility index (Phi) is 36.0. The van der Waals surface area contributed by atoms with Crippen molar-refractivity contribution < 1.29 is 9.90 Å². The summed E-state index contributed by atoms with van der Waals surface area (Å²) in [4.78, 5) is 12.5. The second kappa shape index (κ2) is 34.8. The van der Waals surface area contributed by atoms with E-state index < -0.39 is 11.4 Å². The molecule has 0 aromatic heterocycles. The lowest BCUT2D eigenvalue weighted by Gasteiger charge is -2.44. The van der Waals surface area contributed by atoms with Gasteiger partial charge in [-0.3, -0.25) is 0 Å². The van der Waals surface area contributed by atoms with E-state index in [2.05, 4.69) is 34.6 Å². The maximum atomic E-state index is 12.5. The first-order chi connectivity index (χ1) is 21.4.